The van der Waals surface area contributed by atoms with Gasteiger partial charge in [0, 0.05) is 18.8 Å². The molecule has 1 saturated carbocycles. The number of esters is 1. The van der Waals surface area contributed by atoms with Crippen LogP contribution >= 0.6 is 0 Å². The van der Waals surface area contributed by atoms with Crippen LogP contribution in [0.25, 0.3) is 0 Å². The van der Waals surface area contributed by atoms with Crippen LogP contribution in [0.2, 0.25) is 0 Å². The van der Waals surface area contributed by atoms with Gasteiger partial charge in [0.05, 0.1) is 7.11 Å². The third-order valence-electron chi connectivity index (χ3n) is 3.27. The highest BCUT2D eigenvalue weighted by atomic mass is 16.5. The molecule has 1 rings (SSSR count). The van der Waals surface area contributed by atoms with Crippen molar-refractivity contribution in [2.24, 2.45) is 11.8 Å². The molecule has 0 aromatic carbocycles. The monoisotopic (exact) mass is 240 g/mol. The number of ether oxygens (including phenoxy) is 1. The molecule has 98 valence electrons. The third-order valence-corrected chi connectivity index (χ3v) is 3.27. The van der Waals surface area contributed by atoms with Crippen molar-refractivity contribution < 1.29 is 14.3 Å². The summed E-state index contributed by atoms with van der Waals surface area (Å²) in [6, 6.07) is 0. The lowest BCUT2D eigenvalue weighted by molar-refractivity contribution is -0.142. The highest BCUT2D eigenvalue weighted by molar-refractivity contribution is 5.84. The molecule has 0 saturated heterocycles. The second-order valence-electron chi connectivity index (χ2n) is 4.29. The van der Waals surface area contributed by atoms with Crippen LogP contribution in [0.4, 0.5) is 0 Å². The van der Waals surface area contributed by atoms with E-state index in [1.54, 1.807) is 0 Å². The minimum absolute atomic E-state index is 0.115. The molecule has 2 atom stereocenters. The quantitative estimate of drug-likeness (QED) is 0.547. The molecule has 0 aliphatic heterocycles. The van der Waals surface area contributed by atoms with Crippen LogP contribution in [0.15, 0.2) is 13.2 Å². The third kappa shape index (κ3) is 5.16. The molecule has 0 aromatic rings. The largest absolute Gasteiger partial charge is 0.469 e. The Bertz CT molecular complexity index is 248. The molecule has 1 aliphatic carbocycles. The summed E-state index contributed by atoms with van der Waals surface area (Å²) in [5.74, 6) is 0.508. The van der Waals surface area contributed by atoms with Gasteiger partial charge in [-0.25, -0.2) is 0 Å². The lowest BCUT2D eigenvalue weighted by atomic mass is 9.88. The van der Waals surface area contributed by atoms with Gasteiger partial charge in [-0.3, -0.25) is 9.59 Å². The van der Waals surface area contributed by atoms with Gasteiger partial charge in [-0.1, -0.05) is 19.8 Å². The zero-order valence-corrected chi connectivity index (χ0v) is 11.0. The molecule has 17 heavy (non-hydrogen) atoms. The second-order valence-corrected chi connectivity index (χ2v) is 4.29. The molecule has 0 radical (unpaired) electrons. The predicted octanol–water partition coefficient (Wildman–Crippen LogP) is 3.14. The Kier molecular flexibility index (Phi) is 8.38. The lowest BCUT2D eigenvalue weighted by Crippen LogP contribution is -2.18. The maximum atomic E-state index is 11.6. The molecule has 3 nitrogen and oxygen atoms in total. The first-order valence-electron chi connectivity index (χ1n) is 6.28. The Labute approximate surface area is 104 Å². The van der Waals surface area contributed by atoms with Gasteiger partial charge in [0.25, 0.3) is 0 Å². The minimum atomic E-state index is -0.184. The van der Waals surface area contributed by atoms with Crippen molar-refractivity contribution in [2.75, 3.05) is 7.11 Å². The second kappa shape index (κ2) is 8.97. The molecule has 0 aromatic heterocycles. The van der Waals surface area contributed by atoms with E-state index in [9.17, 15) is 9.59 Å². The van der Waals surface area contributed by atoms with Crippen molar-refractivity contribution >= 4 is 11.8 Å². The van der Waals surface area contributed by atoms with Crippen molar-refractivity contribution in [2.45, 2.75) is 45.4 Å². The summed E-state index contributed by atoms with van der Waals surface area (Å²) in [6.45, 7) is 8.12. The van der Waals surface area contributed by atoms with E-state index in [-0.39, 0.29) is 17.8 Å². The van der Waals surface area contributed by atoms with Crippen molar-refractivity contribution in [1.29, 1.82) is 0 Å². The first-order valence-corrected chi connectivity index (χ1v) is 6.28. The number of carbonyl (C=O) groups is 2. The average Bonchev–Trinajstić information content (AvgIpc) is 2.70. The topological polar surface area (TPSA) is 43.4 Å². The zero-order chi connectivity index (χ0) is 13.3. The molecule has 1 aliphatic rings. The van der Waals surface area contributed by atoms with Crippen LogP contribution in [-0.2, 0) is 14.3 Å². The number of carbonyl (C=O) groups excluding carboxylic acids is 2. The fourth-order valence-electron chi connectivity index (χ4n) is 2.34. The predicted molar refractivity (Wildman–Crippen MR) is 68.6 cm³/mol. The van der Waals surface area contributed by atoms with Crippen molar-refractivity contribution in [1.82, 2.24) is 0 Å². The molecule has 0 spiro atoms. The summed E-state index contributed by atoms with van der Waals surface area (Å²) in [5, 5.41) is 0. The fourth-order valence-corrected chi connectivity index (χ4v) is 2.34. The lowest BCUT2D eigenvalue weighted by Gasteiger charge is -2.16. The normalized spacial score (nSPS) is 22.8. The number of hydrogen-bond acceptors (Lipinski definition) is 3. The Hall–Kier alpha value is -1.12. The first-order chi connectivity index (χ1) is 8.19. The van der Waals surface area contributed by atoms with Gasteiger partial charge in [-0.15, -0.1) is 13.2 Å². The minimum Gasteiger partial charge on any atom is -0.469 e. The molecule has 0 amide bonds. The van der Waals surface area contributed by atoms with Crippen LogP contribution in [-0.4, -0.2) is 18.9 Å². The van der Waals surface area contributed by atoms with Gasteiger partial charge < -0.3 is 4.74 Å². The summed E-state index contributed by atoms with van der Waals surface area (Å²) in [4.78, 5) is 22.8. The van der Waals surface area contributed by atoms with Crippen LogP contribution in [0.5, 0.6) is 0 Å². The maximum absolute atomic E-state index is 11.6. The summed E-state index contributed by atoms with van der Waals surface area (Å²) in [5.41, 5.74) is 0. The van der Waals surface area contributed by atoms with Crippen molar-refractivity contribution in [3.63, 3.8) is 0 Å². The van der Waals surface area contributed by atoms with Crippen molar-refractivity contribution in [3.05, 3.63) is 13.2 Å². The molecule has 0 N–H and O–H groups in total. The van der Waals surface area contributed by atoms with Gasteiger partial charge in [-0.05, 0) is 18.8 Å². The Morgan fingerprint density at radius 3 is 2.65 bits per heavy atom. The Balaban J connectivity index is 0.00000121. The Morgan fingerprint density at radius 2 is 2.12 bits per heavy atom. The van der Waals surface area contributed by atoms with Gasteiger partial charge in [0.1, 0.15) is 5.78 Å². The van der Waals surface area contributed by atoms with E-state index in [2.05, 4.69) is 24.8 Å². The van der Waals surface area contributed by atoms with Crippen LogP contribution < -0.4 is 0 Å². The van der Waals surface area contributed by atoms with Crippen LogP contribution in [0.3, 0.4) is 0 Å². The standard InChI is InChI=1S/C12H20O3.C2H4/c1-3-4-5-10-9(6-7-11(10)13)8-12(14)15-2;1-2/h9-10H,3-8H2,1-2H3;1-2H2. The summed E-state index contributed by atoms with van der Waals surface area (Å²) >= 11 is 0. The molecule has 0 bridgehead atoms. The Morgan fingerprint density at radius 1 is 1.47 bits per heavy atom. The number of ketones is 1. The molecule has 2 unspecified atom stereocenters. The molecule has 1 fully saturated rings. The fraction of sp³-hybridized carbons (Fsp3) is 0.714. The van der Waals surface area contributed by atoms with Crippen LogP contribution in [0.1, 0.15) is 45.4 Å². The maximum Gasteiger partial charge on any atom is 0.305 e. The van der Waals surface area contributed by atoms with Gasteiger partial charge in [0.2, 0.25) is 0 Å². The summed E-state index contributed by atoms with van der Waals surface area (Å²) in [6.07, 6.45) is 5.05. The van der Waals surface area contributed by atoms with E-state index in [1.807, 2.05) is 0 Å². The van der Waals surface area contributed by atoms with E-state index in [4.69, 9.17) is 0 Å². The molecule has 3 heteroatoms. The number of methoxy groups -OCH3 is 1. The first kappa shape index (κ1) is 15.9. The smallest absolute Gasteiger partial charge is 0.305 e. The van der Waals surface area contributed by atoms with Crippen LogP contribution in [0, 0.1) is 11.8 Å². The molecular formula is C14H24O3. The average molecular weight is 240 g/mol. The number of rotatable bonds is 5. The van der Waals surface area contributed by atoms with Gasteiger partial charge in [0.15, 0.2) is 0 Å². The van der Waals surface area contributed by atoms with E-state index >= 15 is 0 Å². The molecule has 0 heterocycles. The highest BCUT2D eigenvalue weighted by Crippen LogP contribution is 2.34. The number of Topliss-reactive ketones (excluding diaryl/α,β-unsaturated/α-hetero) is 1. The highest BCUT2D eigenvalue weighted by Gasteiger charge is 2.35. The number of hydrogen-bond donors (Lipinski definition) is 0. The summed E-state index contributed by atoms with van der Waals surface area (Å²) in [7, 11) is 1.40. The van der Waals surface area contributed by atoms with Gasteiger partial charge in [-0.2, -0.15) is 0 Å². The van der Waals surface area contributed by atoms with E-state index < -0.39 is 0 Å². The SMILES string of the molecule is C=C.CCCCC1C(=O)CCC1CC(=O)OC. The van der Waals surface area contributed by atoms with E-state index in [0.29, 0.717) is 18.6 Å². The van der Waals surface area contributed by atoms with E-state index in [0.717, 1.165) is 25.7 Å². The summed E-state index contributed by atoms with van der Waals surface area (Å²) < 4.78 is 4.65. The number of unbranched alkanes of at least 4 members (excludes halogenated alkanes) is 1. The van der Waals surface area contributed by atoms with Gasteiger partial charge >= 0.3 is 5.97 Å². The van der Waals surface area contributed by atoms with E-state index in [1.165, 1.54) is 7.11 Å². The zero-order valence-electron chi connectivity index (χ0n) is 11.0. The van der Waals surface area contributed by atoms with Crippen molar-refractivity contribution in [3.8, 4) is 0 Å². The molecular weight excluding hydrogens is 216 g/mol.